The fourth-order valence-electron chi connectivity index (χ4n) is 1.24. The van der Waals surface area contributed by atoms with Crippen LogP contribution in [0.1, 0.15) is 6.92 Å². The third kappa shape index (κ3) is 3.36. The van der Waals surface area contributed by atoms with Crippen LogP contribution in [0.2, 0.25) is 0 Å². The summed E-state index contributed by atoms with van der Waals surface area (Å²) in [5.74, 6) is -0.320. The molecule has 16 heavy (non-hydrogen) atoms. The van der Waals surface area contributed by atoms with Crippen LogP contribution >= 0.6 is 0 Å². The van der Waals surface area contributed by atoms with Crippen LogP contribution in [-0.2, 0) is 4.79 Å². The van der Waals surface area contributed by atoms with E-state index in [0.717, 1.165) is 4.90 Å². The number of benzene rings is 1. The molecule has 0 aliphatic rings. The van der Waals surface area contributed by atoms with Gasteiger partial charge in [-0.1, -0.05) is 18.2 Å². The van der Waals surface area contributed by atoms with Crippen LogP contribution in [0.4, 0.5) is 10.5 Å². The van der Waals surface area contributed by atoms with Gasteiger partial charge in [0.15, 0.2) is 0 Å². The molecule has 0 radical (unpaired) electrons. The number of nitrogens with zero attached hydrogens (tertiary/aromatic N) is 1. The smallest absolute Gasteiger partial charge is 0.328 e. The molecule has 0 aliphatic heterocycles. The third-order valence-electron chi connectivity index (χ3n) is 2.00. The molecular weight excluding hydrogens is 206 g/mol. The number of urea groups is 1. The highest BCUT2D eigenvalue weighted by atomic mass is 16.2. The Morgan fingerprint density at radius 1 is 1.31 bits per heavy atom. The van der Waals surface area contributed by atoms with Gasteiger partial charge in [0.25, 0.3) is 0 Å². The molecule has 5 heteroatoms. The van der Waals surface area contributed by atoms with Gasteiger partial charge in [-0.25, -0.2) is 4.79 Å². The molecule has 1 rings (SSSR count). The van der Waals surface area contributed by atoms with Gasteiger partial charge in [-0.15, -0.1) is 0 Å². The van der Waals surface area contributed by atoms with Crippen molar-refractivity contribution in [2.45, 2.75) is 6.92 Å². The van der Waals surface area contributed by atoms with Crippen molar-refractivity contribution in [1.29, 1.82) is 0 Å². The normalized spacial score (nSPS) is 9.62. The minimum Gasteiger partial charge on any atom is -0.329 e. The van der Waals surface area contributed by atoms with E-state index >= 15 is 0 Å². The fraction of sp³-hybridized carbons (Fsp3) is 0.273. The lowest BCUT2D eigenvalue weighted by Gasteiger charge is -2.18. The van der Waals surface area contributed by atoms with Gasteiger partial charge in [-0.2, -0.15) is 0 Å². The Kier molecular flexibility index (Phi) is 4.47. The van der Waals surface area contributed by atoms with E-state index in [1.807, 2.05) is 6.07 Å². The Bertz CT molecular complexity index is 365. The van der Waals surface area contributed by atoms with Crippen molar-refractivity contribution in [2.75, 3.05) is 18.4 Å². The van der Waals surface area contributed by atoms with Gasteiger partial charge in [-0.05, 0) is 12.1 Å². The standard InChI is InChI=1S/C11H15N3O2/c1-9(15)14(8-7-12)11(16)13-10-5-3-2-4-6-10/h2-6H,7-8,12H2,1H3,(H,13,16). The van der Waals surface area contributed by atoms with Gasteiger partial charge in [0, 0.05) is 25.7 Å². The minimum atomic E-state index is -0.454. The number of amides is 3. The maximum Gasteiger partial charge on any atom is 0.328 e. The van der Waals surface area contributed by atoms with Gasteiger partial charge in [0.2, 0.25) is 5.91 Å². The first-order chi connectivity index (χ1) is 7.65. The van der Waals surface area contributed by atoms with Crippen molar-refractivity contribution in [3.8, 4) is 0 Å². The highest BCUT2D eigenvalue weighted by Crippen LogP contribution is 2.06. The number of nitrogens with two attached hydrogens (primary N) is 1. The van der Waals surface area contributed by atoms with Crippen LogP contribution in [0.25, 0.3) is 0 Å². The predicted octanol–water partition coefficient (Wildman–Crippen LogP) is 1.03. The number of nitrogens with one attached hydrogen (secondary N) is 1. The summed E-state index contributed by atoms with van der Waals surface area (Å²) in [5.41, 5.74) is 5.97. The summed E-state index contributed by atoms with van der Waals surface area (Å²) in [6.45, 7) is 1.80. The van der Waals surface area contributed by atoms with Gasteiger partial charge >= 0.3 is 6.03 Å². The molecule has 5 nitrogen and oxygen atoms in total. The average Bonchev–Trinajstić information content (AvgIpc) is 2.26. The van der Waals surface area contributed by atoms with Crippen molar-refractivity contribution in [3.05, 3.63) is 30.3 Å². The number of rotatable bonds is 3. The Morgan fingerprint density at radius 3 is 2.44 bits per heavy atom. The second-order valence-corrected chi connectivity index (χ2v) is 3.26. The van der Waals surface area contributed by atoms with Crippen molar-refractivity contribution >= 4 is 17.6 Å². The van der Waals surface area contributed by atoms with Gasteiger partial charge < -0.3 is 11.1 Å². The lowest BCUT2D eigenvalue weighted by molar-refractivity contribution is -0.125. The molecule has 0 fully saturated rings. The van der Waals surface area contributed by atoms with Crippen molar-refractivity contribution < 1.29 is 9.59 Å². The number of para-hydroxylation sites is 1. The molecular formula is C11H15N3O2. The van der Waals surface area contributed by atoms with Crippen LogP contribution in [0, 0.1) is 0 Å². The van der Waals surface area contributed by atoms with E-state index in [1.54, 1.807) is 24.3 Å². The molecule has 0 bridgehead atoms. The molecule has 3 N–H and O–H groups in total. The summed E-state index contributed by atoms with van der Waals surface area (Å²) in [6.07, 6.45) is 0. The summed E-state index contributed by atoms with van der Waals surface area (Å²) in [5, 5.41) is 2.62. The molecule has 0 aromatic heterocycles. The molecule has 3 amide bonds. The molecule has 0 saturated carbocycles. The zero-order valence-electron chi connectivity index (χ0n) is 9.14. The molecule has 0 unspecified atom stereocenters. The molecule has 86 valence electrons. The summed E-state index contributed by atoms with van der Waals surface area (Å²) in [6, 6.07) is 8.49. The van der Waals surface area contributed by atoms with Crippen LogP contribution in [-0.4, -0.2) is 29.9 Å². The molecule has 1 aromatic carbocycles. The quantitative estimate of drug-likeness (QED) is 0.800. The zero-order valence-corrected chi connectivity index (χ0v) is 9.14. The van der Waals surface area contributed by atoms with Crippen molar-refractivity contribution in [2.24, 2.45) is 5.73 Å². The van der Waals surface area contributed by atoms with Gasteiger partial charge in [0.05, 0.1) is 0 Å². The molecule has 0 aliphatic carbocycles. The molecule has 1 aromatic rings. The zero-order chi connectivity index (χ0) is 12.0. The van der Waals surface area contributed by atoms with Gasteiger partial charge in [0.1, 0.15) is 0 Å². The number of imide groups is 1. The minimum absolute atomic E-state index is 0.216. The first-order valence-corrected chi connectivity index (χ1v) is 4.99. The Balaban J connectivity index is 2.66. The number of anilines is 1. The Morgan fingerprint density at radius 2 is 1.94 bits per heavy atom. The summed E-state index contributed by atoms with van der Waals surface area (Å²) < 4.78 is 0. The largest absolute Gasteiger partial charge is 0.329 e. The number of hydrogen-bond acceptors (Lipinski definition) is 3. The second kappa shape index (κ2) is 5.87. The Hall–Kier alpha value is -1.88. The predicted molar refractivity (Wildman–Crippen MR) is 61.9 cm³/mol. The summed E-state index contributed by atoms with van der Waals surface area (Å²) >= 11 is 0. The molecule has 0 heterocycles. The monoisotopic (exact) mass is 221 g/mol. The van der Waals surface area contributed by atoms with E-state index < -0.39 is 6.03 Å². The fourth-order valence-corrected chi connectivity index (χ4v) is 1.24. The third-order valence-corrected chi connectivity index (χ3v) is 2.00. The number of carbonyl (C=O) groups excluding carboxylic acids is 2. The summed E-state index contributed by atoms with van der Waals surface area (Å²) in [7, 11) is 0. The Labute approximate surface area is 94.2 Å². The van der Waals surface area contributed by atoms with Crippen molar-refractivity contribution in [3.63, 3.8) is 0 Å². The number of hydrogen-bond donors (Lipinski definition) is 2. The van der Waals surface area contributed by atoms with E-state index in [9.17, 15) is 9.59 Å². The van der Waals surface area contributed by atoms with E-state index in [4.69, 9.17) is 5.73 Å². The van der Waals surface area contributed by atoms with Gasteiger partial charge in [-0.3, -0.25) is 9.69 Å². The van der Waals surface area contributed by atoms with E-state index in [2.05, 4.69) is 5.32 Å². The van der Waals surface area contributed by atoms with Crippen LogP contribution in [0.15, 0.2) is 30.3 Å². The maximum absolute atomic E-state index is 11.7. The maximum atomic E-state index is 11.7. The average molecular weight is 221 g/mol. The highest BCUT2D eigenvalue weighted by molar-refractivity contribution is 6.00. The molecule has 0 spiro atoms. The van der Waals surface area contributed by atoms with Crippen LogP contribution in [0.5, 0.6) is 0 Å². The number of carbonyl (C=O) groups is 2. The molecule has 0 saturated heterocycles. The SMILES string of the molecule is CC(=O)N(CCN)C(=O)Nc1ccccc1. The topological polar surface area (TPSA) is 75.4 Å². The van der Waals surface area contributed by atoms with Crippen LogP contribution < -0.4 is 11.1 Å². The van der Waals surface area contributed by atoms with E-state index in [-0.39, 0.29) is 19.0 Å². The van der Waals surface area contributed by atoms with E-state index in [1.165, 1.54) is 6.92 Å². The van der Waals surface area contributed by atoms with E-state index in [0.29, 0.717) is 5.69 Å². The lowest BCUT2D eigenvalue weighted by Crippen LogP contribution is -2.41. The highest BCUT2D eigenvalue weighted by Gasteiger charge is 2.16. The molecule has 0 atom stereocenters. The lowest BCUT2D eigenvalue weighted by atomic mass is 10.3. The second-order valence-electron chi connectivity index (χ2n) is 3.26. The van der Waals surface area contributed by atoms with Crippen molar-refractivity contribution in [1.82, 2.24) is 4.90 Å². The summed E-state index contributed by atoms with van der Waals surface area (Å²) in [4.78, 5) is 23.9. The first kappa shape index (κ1) is 12.2. The van der Waals surface area contributed by atoms with Crippen LogP contribution in [0.3, 0.4) is 0 Å². The first-order valence-electron chi connectivity index (χ1n) is 4.99.